The van der Waals surface area contributed by atoms with E-state index in [-0.39, 0.29) is 22.9 Å². The minimum absolute atomic E-state index is 0.0621. The van der Waals surface area contributed by atoms with Crippen molar-refractivity contribution in [3.05, 3.63) is 47.2 Å². The Morgan fingerprint density at radius 3 is 2.84 bits per heavy atom. The lowest BCUT2D eigenvalue weighted by Gasteiger charge is -2.19. The highest BCUT2D eigenvalue weighted by atomic mass is 35.5. The Balaban J connectivity index is 1.72. The lowest BCUT2D eigenvalue weighted by molar-refractivity contribution is -0.141. The van der Waals surface area contributed by atoms with E-state index in [0.29, 0.717) is 48.8 Å². The number of hydrogen-bond acceptors (Lipinski definition) is 5. The predicted octanol–water partition coefficient (Wildman–Crippen LogP) is 4.25. The number of aromatic nitrogens is 3. The van der Waals surface area contributed by atoms with E-state index in [1.54, 1.807) is 29.2 Å². The van der Waals surface area contributed by atoms with Gasteiger partial charge in [-0.2, -0.15) is 18.3 Å². The van der Waals surface area contributed by atoms with Crippen LogP contribution < -0.4 is 5.32 Å². The van der Waals surface area contributed by atoms with E-state index in [1.807, 2.05) is 0 Å². The summed E-state index contributed by atoms with van der Waals surface area (Å²) in [4.78, 5) is 18.7. The third-order valence-electron chi connectivity index (χ3n) is 4.78. The van der Waals surface area contributed by atoms with E-state index < -0.39 is 12.7 Å². The molecular weight excluding hydrogens is 435 g/mol. The number of carbonyl (C=O) groups is 1. The zero-order valence-electron chi connectivity index (χ0n) is 16.3. The molecule has 1 saturated heterocycles. The van der Waals surface area contributed by atoms with Crippen molar-refractivity contribution < 1.29 is 22.7 Å². The molecule has 3 aromatic rings. The number of amides is 1. The van der Waals surface area contributed by atoms with E-state index in [0.717, 1.165) is 4.68 Å². The van der Waals surface area contributed by atoms with Crippen molar-refractivity contribution in [3.8, 4) is 0 Å². The number of alkyl halides is 3. The summed E-state index contributed by atoms with van der Waals surface area (Å²) in [7, 11) is 0. The van der Waals surface area contributed by atoms with Crippen molar-refractivity contribution in [2.45, 2.75) is 19.1 Å². The minimum Gasteiger partial charge on any atom is -0.380 e. The molecule has 0 atom stereocenters. The Morgan fingerprint density at radius 1 is 1.23 bits per heavy atom. The number of halogens is 4. The van der Waals surface area contributed by atoms with E-state index in [9.17, 15) is 18.0 Å². The van der Waals surface area contributed by atoms with Crippen LogP contribution in [0.4, 0.5) is 24.7 Å². The topological polar surface area (TPSA) is 72.3 Å². The summed E-state index contributed by atoms with van der Waals surface area (Å²) < 4.78 is 45.6. The molecule has 1 N–H and O–H groups in total. The highest BCUT2D eigenvalue weighted by molar-refractivity contribution is 6.30. The fourth-order valence-corrected chi connectivity index (χ4v) is 3.57. The zero-order chi connectivity index (χ0) is 22.0. The van der Waals surface area contributed by atoms with E-state index in [4.69, 9.17) is 16.3 Å². The molecule has 4 rings (SSSR count). The minimum atomic E-state index is -4.48. The predicted molar refractivity (Wildman–Crippen MR) is 110 cm³/mol. The van der Waals surface area contributed by atoms with Crippen molar-refractivity contribution in [2.24, 2.45) is 0 Å². The van der Waals surface area contributed by atoms with Crippen LogP contribution in [0.25, 0.3) is 10.9 Å². The van der Waals surface area contributed by atoms with Crippen LogP contribution in [0.3, 0.4) is 0 Å². The maximum absolute atomic E-state index is 13.2. The molecule has 1 aromatic carbocycles. The van der Waals surface area contributed by atoms with Crippen molar-refractivity contribution in [1.82, 2.24) is 19.7 Å². The first-order valence-corrected chi connectivity index (χ1v) is 10.0. The van der Waals surface area contributed by atoms with Crippen molar-refractivity contribution in [2.75, 3.05) is 31.6 Å². The number of fused-ring (bicyclic) bond motifs is 1. The second kappa shape index (κ2) is 8.72. The van der Waals surface area contributed by atoms with E-state index >= 15 is 0 Å². The van der Waals surface area contributed by atoms with Crippen LogP contribution >= 0.6 is 11.6 Å². The molecule has 0 unspecified atom stereocenters. The van der Waals surface area contributed by atoms with Crippen molar-refractivity contribution >= 4 is 39.9 Å². The van der Waals surface area contributed by atoms with Gasteiger partial charge in [-0.05, 0) is 30.7 Å². The molecule has 1 aliphatic heterocycles. The van der Waals surface area contributed by atoms with Gasteiger partial charge in [0.05, 0.1) is 17.5 Å². The second-order valence-electron chi connectivity index (χ2n) is 7.10. The molecule has 1 aliphatic rings. The molecule has 0 saturated carbocycles. The number of rotatable bonds is 4. The first kappa shape index (κ1) is 21.4. The Kier molecular flexibility index (Phi) is 6.01. The summed E-state index contributed by atoms with van der Waals surface area (Å²) in [6.07, 6.45) is -2.43. The smallest absolute Gasteiger partial charge is 0.380 e. The highest BCUT2D eigenvalue weighted by Gasteiger charge is 2.30. The fraction of sp³-hybridized carbons (Fsp3) is 0.350. The van der Waals surface area contributed by atoms with Crippen LogP contribution in [0.1, 0.15) is 16.9 Å². The van der Waals surface area contributed by atoms with E-state index in [1.165, 1.54) is 12.3 Å². The van der Waals surface area contributed by atoms with Crippen LogP contribution in [-0.2, 0) is 11.3 Å². The average molecular weight is 454 g/mol. The quantitative estimate of drug-likeness (QED) is 0.639. The summed E-state index contributed by atoms with van der Waals surface area (Å²) in [6.45, 7) is 0.584. The average Bonchev–Trinajstić information content (AvgIpc) is 2.89. The Morgan fingerprint density at radius 2 is 2.06 bits per heavy atom. The molecule has 0 bridgehead atoms. The van der Waals surface area contributed by atoms with Gasteiger partial charge in [0.15, 0.2) is 5.82 Å². The van der Waals surface area contributed by atoms with Crippen LogP contribution in [0.5, 0.6) is 0 Å². The first-order chi connectivity index (χ1) is 14.8. The van der Waals surface area contributed by atoms with Crippen LogP contribution in [0, 0.1) is 0 Å². The Bertz CT molecular complexity index is 1090. The second-order valence-corrected chi connectivity index (χ2v) is 7.54. The number of benzene rings is 1. The molecule has 0 aliphatic carbocycles. The summed E-state index contributed by atoms with van der Waals surface area (Å²) in [5.74, 6) is -0.160. The summed E-state index contributed by atoms with van der Waals surface area (Å²) >= 11 is 5.98. The number of hydrogen-bond donors (Lipinski definition) is 1. The van der Waals surface area contributed by atoms with Crippen molar-refractivity contribution in [3.63, 3.8) is 0 Å². The molecule has 164 valence electrons. The molecule has 11 heteroatoms. The molecule has 3 heterocycles. The van der Waals surface area contributed by atoms with Gasteiger partial charge in [-0.15, -0.1) is 0 Å². The highest BCUT2D eigenvalue weighted by Crippen LogP contribution is 2.29. The molecule has 7 nitrogen and oxygen atoms in total. The van der Waals surface area contributed by atoms with Gasteiger partial charge in [0.2, 0.25) is 0 Å². The SMILES string of the molecule is O=C(c1cc2c(cn1)c(Nc1cccc(Cl)c1)nn2CC(F)(F)F)N1CCCOCC1. The van der Waals surface area contributed by atoms with Gasteiger partial charge < -0.3 is 15.0 Å². The van der Waals surface area contributed by atoms with Gasteiger partial charge in [0.1, 0.15) is 12.2 Å². The van der Waals surface area contributed by atoms with Crippen LogP contribution in [0.2, 0.25) is 5.02 Å². The number of nitrogens with zero attached hydrogens (tertiary/aromatic N) is 4. The standard InChI is InChI=1S/C20H19ClF3N5O2/c21-13-3-1-4-14(9-13)26-18-15-11-25-16(19(30)28-5-2-7-31-8-6-28)10-17(15)29(27-18)12-20(22,23)24/h1,3-4,9-11H,2,5-8,12H2,(H,26,27). The molecule has 0 radical (unpaired) electrons. The van der Waals surface area contributed by atoms with Gasteiger partial charge in [-0.25, -0.2) is 0 Å². The molecule has 1 amide bonds. The molecule has 2 aromatic heterocycles. The Labute approximate surface area is 180 Å². The number of pyridine rings is 1. The third kappa shape index (κ3) is 5.08. The third-order valence-corrected chi connectivity index (χ3v) is 5.02. The van der Waals surface area contributed by atoms with Crippen LogP contribution in [0.15, 0.2) is 36.5 Å². The number of nitrogens with one attached hydrogen (secondary N) is 1. The number of ether oxygens (including phenoxy) is 1. The molecule has 1 fully saturated rings. The van der Waals surface area contributed by atoms with Gasteiger partial charge in [0, 0.05) is 36.6 Å². The monoisotopic (exact) mass is 453 g/mol. The number of anilines is 2. The van der Waals surface area contributed by atoms with Gasteiger partial charge >= 0.3 is 6.18 Å². The van der Waals surface area contributed by atoms with Gasteiger partial charge in [-0.3, -0.25) is 14.5 Å². The first-order valence-electron chi connectivity index (χ1n) is 9.63. The maximum atomic E-state index is 13.2. The van der Waals surface area contributed by atoms with E-state index in [2.05, 4.69) is 15.4 Å². The largest absolute Gasteiger partial charge is 0.408 e. The lowest BCUT2D eigenvalue weighted by Crippen LogP contribution is -2.33. The summed E-state index contributed by atoms with van der Waals surface area (Å²) in [6, 6.07) is 8.08. The lowest BCUT2D eigenvalue weighted by atomic mass is 10.2. The Hall–Kier alpha value is -2.85. The van der Waals surface area contributed by atoms with Crippen molar-refractivity contribution in [1.29, 1.82) is 0 Å². The van der Waals surface area contributed by atoms with Gasteiger partial charge in [0.25, 0.3) is 5.91 Å². The fourth-order valence-electron chi connectivity index (χ4n) is 3.38. The normalized spacial score (nSPS) is 15.2. The summed E-state index contributed by atoms with van der Waals surface area (Å²) in [5, 5.41) is 7.89. The zero-order valence-corrected chi connectivity index (χ0v) is 17.1. The number of carbonyl (C=O) groups excluding carboxylic acids is 1. The summed E-state index contributed by atoms with van der Waals surface area (Å²) in [5.41, 5.74) is 0.786. The van der Waals surface area contributed by atoms with Crippen LogP contribution in [-0.4, -0.2) is 58.1 Å². The molecule has 0 spiro atoms. The maximum Gasteiger partial charge on any atom is 0.408 e. The molecule has 31 heavy (non-hydrogen) atoms. The van der Waals surface area contributed by atoms with Gasteiger partial charge in [-0.1, -0.05) is 17.7 Å². The molecular formula is C20H19ClF3N5O2.